The number of carbonyl (C=O) groups is 2. The van der Waals surface area contributed by atoms with Crippen molar-refractivity contribution < 1.29 is 44.8 Å². The molecule has 0 aliphatic heterocycles. The number of hydrogen-bond donors (Lipinski definition) is 2. The molecule has 0 fully saturated rings. The summed E-state index contributed by atoms with van der Waals surface area (Å²) in [5.74, 6) is -3.65. The molecule has 0 aliphatic rings. The summed E-state index contributed by atoms with van der Waals surface area (Å²) >= 11 is 0. The zero-order valence-electron chi connectivity index (χ0n) is 5.12. The van der Waals surface area contributed by atoms with Crippen molar-refractivity contribution in [3.05, 3.63) is 0 Å². The van der Waals surface area contributed by atoms with Gasteiger partial charge in [-0.1, -0.05) is 0 Å². The number of aliphatic carboxylic acids is 2. The van der Waals surface area contributed by atoms with E-state index in [0.717, 1.165) is 0 Å². The standard InChI is InChI=1S/C2H2O4.FH.Li.H/c3-1(4)2(5)6;;;/h(H,3,4)(H,5,6);1H;;/q;;+1;-1. The van der Waals surface area contributed by atoms with Gasteiger partial charge in [-0.05, 0) is 0 Å². The average Bonchev–Trinajstić information content (AvgIpc) is 1.36. The van der Waals surface area contributed by atoms with Gasteiger partial charge >= 0.3 is 30.8 Å². The Labute approximate surface area is 57.5 Å². The fourth-order valence-corrected chi connectivity index (χ4v) is 0. The third-order valence-electron chi connectivity index (χ3n) is 0.183. The van der Waals surface area contributed by atoms with E-state index in [2.05, 4.69) is 0 Å². The number of carboxylic acid groups (broad SMARTS) is 2. The molecule has 4 nitrogen and oxygen atoms in total. The maximum absolute atomic E-state index is 9.10. The fourth-order valence-electron chi connectivity index (χ4n) is 0. The molecule has 0 saturated carbocycles. The van der Waals surface area contributed by atoms with E-state index < -0.39 is 11.9 Å². The van der Waals surface area contributed by atoms with Crippen LogP contribution in [0.3, 0.4) is 0 Å². The summed E-state index contributed by atoms with van der Waals surface area (Å²) < 4.78 is 0. The van der Waals surface area contributed by atoms with Gasteiger partial charge in [0, 0.05) is 0 Å². The van der Waals surface area contributed by atoms with Crippen molar-refractivity contribution in [1.82, 2.24) is 0 Å². The minimum Gasteiger partial charge on any atom is -1.00 e. The van der Waals surface area contributed by atoms with E-state index >= 15 is 0 Å². The predicted molar refractivity (Wildman–Crippen MR) is 18.9 cm³/mol. The summed E-state index contributed by atoms with van der Waals surface area (Å²) in [5, 5.41) is 14.8. The van der Waals surface area contributed by atoms with E-state index in [1.165, 1.54) is 0 Å². The van der Waals surface area contributed by atoms with Gasteiger partial charge in [0.15, 0.2) is 0 Å². The van der Waals surface area contributed by atoms with Crippen LogP contribution in [0, 0.1) is 0 Å². The SMILES string of the molecule is F.O=C(O)C(=O)O.[H-].[Li+]. The molecule has 2 N–H and O–H groups in total. The first-order valence-electron chi connectivity index (χ1n) is 1.11. The van der Waals surface area contributed by atoms with Gasteiger partial charge in [-0.15, -0.1) is 0 Å². The van der Waals surface area contributed by atoms with E-state index in [-0.39, 0.29) is 25.0 Å². The third-order valence-corrected chi connectivity index (χ3v) is 0.183. The average molecular weight is 118 g/mol. The van der Waals surface area contributed by atoms with Crippen molar-refractivity contribution in [2.45, 2.75) is 0 Å². The molecule has 0 aromatic rings. The molecule has 0 radical (unpaired) electrons. The van der Waals surface area contributed by atoms with Gasteiger partial charge in [0.05, 0.1) is 0 Å². The number of carboxylic acids is 2. The predicted octanol–water partition coefficient (Wildman–Crippen LogP) is -3.58. The molecule has 0 aliphatic carbocycles. The number of halogens is 1. The molecule has 44 valence electrons. The van der Waals surface area contributed by atoms with Crippen LogP contribution in [0.25, 0.3) is 0 Å². The first kappa shape index (κ1) is 15.7. The molecule has 0 spiro atoms. The van der Waals surface area contributed by atoms with E-state index in [0.29, 0.717) is 0 Å². The minimum atomic E-state index is -1.82. The van der Waals surface area contributed by atoms with Crippen LogP contribution in [0.5, 0.6) is 0 Å². The quantitative estimate of drug-likeness (QED) is 0.255. The second-order valence-electron chi connectivity index (χ2n) is 0.610. The molecular weight excluding hydrogens is 114 g/mol. The Morgan fingerprint density at radius 1 is 1.12 bits per heavy atom. The van der Waals surface area contributed by atoms with Gasteiger partial charge in [0.2, 0.25) is 0 Å². The van der Waals surface area contributed by atoms with E-state index in [1.54, 1.807) is 0 Å². The molecule has 0 rings (SSSR count). The largest absolute Gasteiger partial charge is 1.00 e. The molecule has 0 atom stereocenters. The van der Waals surface area contributed by atoms with Gasteiger partial charge in [0.1, 0.15) is 0 Å². The van der Waals surface area contributed by atoms with Crippen LogP contribution in [-0.4, -0.2) is 22.2 Å². The van der Waals surface area contributed by atoms with Crippen molar-refractivity contribution >= 4 is 11.9 Å². The summed E-state index contributed by atoms with van der Waals surface area (Å²) in [6.45, 7) is 0. The van der Waals surface area contributed by atoms with Crippen LogP contribution < -0.4 is 18.9 Å². The normalized spacial score (nSPS) is 5.50. The summed E-state index contributed by atoms with van der Waals surface area (Å²) in [4.78, 5) is 18.2. The van der Waals surface area contributed by atoms with Crippen molar-refractivity contribution in [2.75, 3.05) is 0 Å². The maximum atomic E-state index is 9.10. The van der Waals surface area contributed by atoms with Crippen molar-refractivity contribution in [3.63, 3.8) is 0 Å². The molecule has 0 amide bonds. The maximum Gasteiger partial charge on any atom is 1.00 e. The van der Waals surface area contributed by atoms with Crippen LogP contribution in [-0.2, 0) is 9.59 Å². The molecule has 0 unspecified atom stereocenters. The third kappa shape index (κ3) is 9.08. The van der Waals surface area contributed by atoms with Crippen LogP contribution in [0.4, 0.5) is 4.70 Å². The molecular formula is C2H4FLiO4. The van der Waals surface area contributed by atoms with Crippen molar-refractivity contribution in [2.24, 2.45) is 0 Å². The zero-order valence-corrected chi connectivity index (χ0v) is 4.12. The molecule has 0 saturated heterocycles. The van der Waals surface area contributed by atoms with E-state index in [1.807, 2.05) is 0 Å². The van der Waals surface area contributed by atoms with Gasteiger partial charge in [0.25, 0.3) is 0 Å². The van der Waals surface area contributed by atoms with Crippen molar-refractivity contribution in [3.8, 4) is 0 Å². The molecule has 0 bridgehead atoms. The Morgan fingerprint density at radius 3 is 1.25 bits per heavy atom. The fraction of sp³-hybridized carbons (Fsp3) is 0. The monoisotopic (exact) mass is 118 g/mol. The van der Waals surface area contributed by atoms with Gasteiger partial charge in [-0.2, -0.15) is 0 Å². The van der Waals surface area contributed by atoms with Gasteiger partial charge in [-0.3, -0.25) is 4.70 Å². The Hall–Kier alpha value is -0.533. The Morgan fingerprint density at radius 2 is 1.25 bits per heavy atom. The Kier molecular flexibility index (Phi) is 12.7. The molecule has 0 heterocycles. The molecule has 8 heavy (non-hydrogen) atoms. The summed E-state index contributed by atoms with van der Waals surface area (Å²) in [7, 11) is 0. The van der Waals surface area contributed by atoms with Crippen LogP contribution in [0.1, 0.15) is 1.43 Å². The second-order valence-corrected chi connectivity index (χ2v) is 0.610. The van der Waals surface area contributed by atoms with Gasteiger partial charge < -0.3 is 11.6 Å². The summed E-state index contributed by atoms with van der Waals surface area (Å²) in [6, 6.07) is 0. The number of rotatable bonds is 0. The topological polar surface area (TPSA) is 74.6 Å². The van der Waals surface area contributed by atoms with E-state index in [9.17, 15) is 0 Å². The molecule has 6 heteroatoms. The first-order valence-corrected chi connectivity index (χ1v) is 1.11. The summed E-state index contributed by atoms with van der Waals surface area (Å²) in [5.41, 5.74) is 0. The minimum absolute atomic E-state index is 0. The van der Waals surface area contributed by atoms with Gasteiger partial charge in [-0.25, -0.2) is 9.59 Å². The van der Waals surface area contributed by atoms with Crippen LogP contribution in [0.2, 0.25) is 0 Å². The first-order chi connectivity index (χ1) is 2.64. The van der Waals surface area contributed by atoms with Crippen LogP contribution >= 0.6 is 0 Å². The summed E-state index contributed by atoms with van der Waals surface area (Å²) in [6.07, 6.45) is 0. The second kappa shape index (κ2) is 6.47. The Balaban J connectivity index is -0.0000000417. The van der Waals surface area contributed by atoms with Crippen LogP contribution in [0.15, 0.2) is 0 Å². The zero-order chi connectivity index (χ0) is 5.15. The van der Waals surface area contributed by atoms with Crippen molar-refractivity contribution in [1.29, 1.82) is 0 Å². The molecule has 0 aromatic carbocycles. The molecule has 0 aromatic heterocycles. The smallest absolute Gasteiger partial charge is 1.00 e. The number of hydrogen-bond acceptors (Lipinski definition) is 2. The van der Waals surface area contributed by atoms with E-state index in [4.69, 9.17) is 19.8 Å². The Bertz CT molecular complexity index is 84.6.